The molecule has 0 aromatic carbocycles. The molecular formula is C15H26N4. The van der Waals surface area contributed by atoms with Gasteiger partial charge in [0.25, 0.3) is 0 Å². The number of nitrogens with zero attached hydrogens (tertiary/aromatic N) is 2. The third-order valence-corrected chi connectivity index (χ3v) is 3.67. The Morgan fingerprint density at radius 2 is 2.26 bits per heavy atom. The third-order valence-electron chi connectivity index (χ3n) is 3.67. The van der Waals surface area contributed by atoms with Gasteiger partial charge in [0.05, 0.1) is 0 Å². The van der Waals surface area contributed by atoms with Gasteiger partial charge in [-0.1, -0.05) is 20.8 Å². The van der Waals surface area contributed by atoms with Crippen LogP contribution in [0.5, 0.6) is 0 Å². The molecule has 1 atom stereocenters. The molecule has 0 radical (unpaired) electrons. The largest absolute Gasteiger partial charge is 0.370 e. The van der Waals surface area contributed by atoms with Gasteiger partial charge in [-0.3, -0.25) is 0 Å². The SMILES string of the molecule is CCc1nc(NCC2CCCNC2)cc(C(C)C)n1. The molecule has 1 unspecified atom stereocenters. The fraction of sp³-hybridized carbons (Fsp3) is 0.733. The first-order valence-corrected chi connectivity index (χ1v) is 7.51. The average molecular weight is 262 g/mol. The second-order valence-electron chi connectivity index (χ2n) is 5.70. The monoisotopic (exact) mass is 262 g/mol. The van der Waals surface area contributed by atoms with Crippen molar-refractivity contribution >= 4 is 5.82 Å². The summed E-state index contributed by atoms with van der Waals surface area (Å²) in [6.45, 7) is 9.75. The number of nitrogens with one attached hydrogen (secondary N) is 2. The van der Waals surface area contributed by atoms with Crippen molar-refractivity contribution in [3.05, 3.63) is 17.6 Å². The first kappa shape index (κ1) is 14.3. The molecule has 0 aliphatic carbocycles. The van der Waals surface area contributed by atoms with Crippen LogP contribution in [0.4, 0.5) is 5.82 Å². The summed E-state index contributed by atoms with van der Waals surface area (Å²) in [6.07, 6.45) is 3.48. The van der Waals surface area contributed by atoms with Crippen LogP contribution in [-0.4, -0.2) is 29.6 Å². The van der Waals surface area contributed by atoms with Crippen LogP contribution in [0.1, 0.15) is 51.0 Å². The van der Waals surface area contributed by atoms with Crippen LogP contribution in [0.3, 0.4) is 0 Å². The van der Waals surface area contributed by atoms with Gasteiger partial charge in [0.2, 0.25) is 0 Å². The Morgan fingerprint density at radius 3 is 2.89 bits per heavy atom. The molecular weight excluding hydrogens is 236 g/mol. The average Bonchev–Trinajstić information content (AvgIpc) is 2.45. The zero-order chi connectivity index (χ0) is 13.7. The lowest BCUT2D eigenvalue weighted by Crippen LogP contribution is -2.33. The molecule has 4 heteroatoms. The van der Waals surface area contributed by atoms with E-state index in [0.717, 1.165) is 42.8 Å². The van der Waals surface area contributed by atoms with Gasteiger partial charge in [0, 0.05) is 24.7 Å². The van der Waals surface area contributed by atoms with Gasteiger partial charge in [-0.25, -0.2) is 9.97 Å². The van der Waals surface area contributed by atoms with E-state index >= 15 is 0 Å². The van der Waals surface area contributed by atoms with Gasteiger partial charge in [0.1, 0.15) is 11.6 Å². The molecule has 4 nitrogen and oxygen atoms in total. The van der Waals surface area contributed by atoms with Gasteiger partial charge in [-0.15, -0.1) is 0 Å². The lowest BCUT2D eigenvalue weighted by molar-refractivity contribution is 0.392. The van der Waals surface area contributed by atoms with Crippen molar-refractivity contribution in [2.24, 2.45) is 5.92 Å². The summed E-state index contributed by atoms with van der Waals surface area (Å²) in [5.41, 5.74) is 1.14. The molecule has 1 aromatic rings. The molecule has 0 saturated carbocycles. The van der Waals surface area contributed by atoms with E-state index in [1.165, 1.54) is 19.4 Å². The van der Waals surface area contributed by atoms with Gasteiger partial charge in [-0.2, -0.15) is 0 Å². The smallest absolute Gasteiger partial charge is 0.130 e. The Hall–Kier alpha value is -1.16. The first-order chi connectivity index (χ1) is 9.19. The summed E-state index contributed by atoms with van der Waals surface area (Å²) < 4.78 is 0. The standard InChI is InChI=1S/C15H26N4/c1-4-14-18-13(11(2)3)8-15(19-14)17-10-12-6-5-7-16-9-12/h8,11-12,16H,4-7,9-10H2,1-3H3,(H,17,18,19). The maximum atomic E-state index is 4.58. The molecule has 1 aliphatic heterocycles. The van der Waals surface area contributed by atoms with Crippen molar-refractivity contribution in [3.63, 3.8) is 0 Å². The molecule has 0 amide bonds. The predicted molar refractivity (Wildman–Crippen MR) is 79.6 cm³/mol. The van der Waals surface area contributed by atoms with E-state index in [0.29, 0.717) is 5.92 Å². The minimum Gasteiger partial charge on any atom is -0.370 e. The molecule has 0 spiro atoms. The van der Waals surface area contributed by atoms with Gasteiger partial charge >= 0.3 is 0 Å². The summed E-state index contributed by atoms with van der Waals surface area (Å²) in [6, 6.07) is 2.10. The minimum atomic E-state index is 0.449. The maximum absolute atomic E-state index is 4.58. The molecule has 0 bridgehead atoms. The van der Waals surface area contributed by atoms with Crippen LogP contribution >= 0.6 is 0 Å². The Bertz CT molecular complexity index is 397. The lowest BCUT2D eigenvalue weighted by atomic mass is 10.00. The topological polar surface area (TPSA) is 49.8 Å². The van der Waals surface area contributed by atoms with E-state index in [1.807, 2.05) is 0 Å². The van der Waals surface area contributed by atoms with Crippen LogP contribution in [0.2, 0.25) is 0 Å². The number of piperidine rings is 1. The minimum absolute atomic E-state index is 0.449. The summed E-state index contributed by atoms with van der Waals surface area (Å²) in [7, 11) is 0. The van der Waals surface area contributed by atoms with E-state index in [2.05, 4.69) is 47.4 Å². The fourth-order valence-electron chi connectivity index (χ4n) is 2.41. The molecule has 1 fully saturated rings. The van der Waals surface area contributed by atoms with E-state index in [-0.39, 0.29) is 0 Å². The number of aryl methyl sites for hydroxylation is 1. The lowest BCUT2D eigenvalue weighted by Gasteiger charge is -2.23. The Labute approximate surface area is 116 Å². The number of rotatable bonds is 5. The number of hydrogen-bond acceptors (Lipinski definition) is 4. The van der Waals surface area contributed by atoms with Crippen molar-refractivity contribution in [2.45, 2.75) is 46.0 Å². The Kier molecular flexibility index (Phi) is 5.14. The van der Waals surface area contributed by atoms with E-state index in [9.17, 15) is 0 Å². The predicted octanol–water partition coefficient (Wildman–Crippen LogP) is 2.57. The summed E-state index contributed by atoms with van der Waals surface area (Å²) in [5.74, 6) is 3.10. The summed E-state index contributed by atoms with van der Waals surface area (Å²) >= 11 is 0. The molecule has 2 heterocycles. The highest BCUT2D eigenvalue weighted by Crippen LogP contribution is 2.17. The van der Waals surface area contributed by atoms with Crippen LogP contribution in [0.25, 0.3) is 0 Å². The van der Waals surface area contributed by atoms with Crippen LogP contribution in [-0.2, 0) is 6.42 Å². The fourth-order valence-corrected chi connectivity index (χ4v) is 2.41. The molecule has 1 aliphatic rings. The normalized spacial score (nSPS) is 19.7. The highest BCUT2D eigenvalue weighted by Gasteiger charge is 2.13. The molecule has 19 heavy (non-hydrogen) atoms. The number of hydrogen-bond donors (Lipinski definition) is 2. The maximum Gasteiger partial charge on any atom is 0.130 e. The quantitative estimate of drug-likeness (QED) is 0.856. The summed E-state index contributed by atoms with van der Waals surface area (Å²) in [5, 5.41) is 6.94. The van der Waals surface area contributed by atoms with Crippen molar-refractivity contribution in [1.29, 1.82) is 0 Å². The second-order valence-corrected chi connectivity index (χ2v) is 5.70. The zero-order valence-electron chi connectivity index (χ0n) is 12.4. The van der Waals surface area contributed by atoms with E-state index in [1.54, 1.807) is 0 Å². The van der Waals surface area contributed by atoms with Crippen LogP contribution in [0.15, 0.2) is 6.07 Å². The van der Waals surface area contributed by atoms with Crippen molar-refractivity contribution in [1.82, 2.24) is 15.3 Å². The highest BCUT2D eigenvalue weighted by molar-refractivity contribution is 5.37. The van der Waals surface area contributed by atoms with Crippen LogP contribution < -0.4 is 10.6 Å². The Balaban J connectivity index is 2.00. The van der Waals surface area contributed by atoms with E-state index in [4.69, 9.17) is 0 Å². The van der Waals surface area contributed by atoms with Crippen LogP contribution in [0, 0.1) is 5.92 Å². The third kappa shape index (κ3) is 4.16. The first-order valence-electron chi connectivity index (χ1n) is 7.51. The Morgan fingerprint density at radius 1 is 1.42 bits per heavy atom. The summed E-state index contributed by atoms with van der Waals surface area (Å²) in [4.78, 5) is 9.16. The van der Waals surface area contributed by atoms with Crippen molar-refractivity contribution in [3.8, 4) is 0 Å². The van der Waals surface area contributed by atoms with Crippen molar-refractivity contribution in [2.75, 3.05) is 25.0 Å². The number of anilines is 1. The van der Waals surface area contributed by atoms with Gasteiger partial charge < -0.3 is 10.6 Å². The van der Waals surface area contributed by atoms with Gasteiger partial charge in [0.15, 0.2) is 0 Å². The molecule has 2 rings (SSSR count). The second kappa shape index (κ2) is 6.85. The number of aromatic nitrogens is 2. The highest BCUT2D eigenvalue weighted by atomic mass is 15.0. The van der Waals surface area contributed by atoms with Gasteiger partial charge in [-0.05, 0) is 37.8 Å². The molecule has 106 valence electrons. The van der Waals surface area contributed by atoms with E-state index < -0.39 is 0 Å². The molecule has 1 aromatic heterocycles. The molecule has 2 N–H and O–H groups in total. The zero-order valence-corrected chi connectivity index (χ0v) is 12.4. The molecule has 1 saturated heterocycles. The van der Waals surface area contributed by atoms with Crippen molar-refractivity contribution < 1.29 is 0 Å².